The summed E-state index contributed by atoms with van der Waals surface area (Å²) in [5.41, 5.74) is 0. The highest BCUT2D eigenvalue weighted by Gasteiger charge is 2.04. The van der Waals surface area contributed by atoms with E-state index in [0.717, 1.165) is 0 Å². The van der Waals surface area contributed by atoms with Crippen LogP contribution in [0.1, 0.15) is 20.3 Å². The fraction of sp³-hybridized carbons (Fsp3) is 0.714. The molecule has 0 aromatic carbocycles. The number of rotatable bonds is 4. The van der Waals surface area contributed by atoms with Crippen LogP contribution in [0.3, 0.4) is 0 Å². The van der Waals surface area contributed by atoms with Crippen molar-refractivity contribution in [1.82, 2.24) is 5.32 Å². The molecule has 11 heavy (non-hydrogen) atoms. The van der Waals surface area contributed by atoms with Crippen molar-refractivity contribution < 1.29 is 9.53 Å². The van der Waals surface area contributed by atoms with Crippen LogP contribution in [0, 0.1) is 11.3 Å². The van der Waals surface area contributed by atoms with Crippen LogP contribution in [0.4, 0.5) is 0 Å². The van der Waals surface area contributed by atoms with Crippen molar-refractivity contribution >= 4 is 5.91 Å². The summed E-state index contributed by atoms with van der Waals surface area (Å²) in [6, 6.07) is 1.75. The van der Waals surface area contributed by atoms with Gasteiger partial charge in [-0.25, -0.2) is 0 Å². The molecule has 0 spiro atoms. The first-order valence-corrected chi connectivity index (χ1v) is 3.48. The third-order valence-corrected chi connectivity index (χ3v) is 1.02. The highest BCUT2D eigenvalue weighted by Crippen LogP contribution is 1.85. The van der Waals surface area contributed by atoms with Gasteiger partial charge in [0, 0.05) is 6.61 Å². The predicted molar refractivity (Wildman–Crippen MR) is 39.5 cm³/mol. The van der Waals surface area contributed by atoms with E-state index in [1.807, 2.05) is 6.92 Å². The maximum Gasteiger partial charge on any atom is 0.236 e. The molecule has 0 aliphatic heterocycles. The maximum absolute atomic E-state index is 10.7. The van der Waals surface area contributed by atoms with Gasteiger partial charge in [0.2, 0.25) is 5.91 Å². The molecule has 4 nitrogen and oxygen atoms in total. The lowest BCUT2D eigenvalue weighted by Gasteiger charge is -2.11. The number of carbonyl (C=O) groups excluding carboxylic acids is 1. The van der Waals surface area contributed by atoms with Crippen LogP contribution in [-0.4, -0.2) is 18.7 Å². The Hall–Kier alpha value is -1.08. The number of nitrogens with zero attached hydrogens (tertiary/aromatic N) is 1. The summed E-state index contributed by atoms with van der Waals surface area (Å²) in [6.07, 6.45) is -0.418. The average Bonchev–Trinajstić information content (AvgIpc) is 1.87. The molecule has 1 N–H and O–H groups in total. The standard InChI is InChI=1S/C7H12N2O2/c1-3-11-6(2)9-7(10)4-5-8/h6H,3-4H2,1-2H3,(H,9,10). The van der Waals surface area contributed by atoms with E-state index in [0.29, 0.717) is 6.61 Å². The largest absolute Gasteiger partial charge is 0.359 e. The minimum absolute atomic E-state index is 0.114. The molecule has 0 heterocycles. The Kier molecular flexibility index (Phi) is 5.13. The quantitative estimate of drug-likeness (QED) is 0.599. The van der Waals surface area contributed by atoms with Crippen molar-refractivity contribution in [3.05, 3.63) is 0 Å². The molecule has 1 unspecified atom stereocenters. The summed E-state index contributed by atoms with van der Waals surface area (Å²) in [4.78, 5) is 10.7. The van der Waals surface area contributed by atoms with Gasteiger partial charge in [-0.3, -0.25) is 4.79 Å². The van der Waals surface area contributed by atoms with E-state index in [-0.39, 0.29) is 18.6 Å². The maximum atomic E-state index is 10.7. The highest BCUT2D eigenvalue weighted by atomic mass is 16.5. The molecule has 0 aliphatic rings. The Balaban J connectivity index is 3.50. The van der Waals surface area contributed by atoms with Gasteiger partial charge in [0.1, 0.15) is 12.6 Å². The smallest absolute Gasteiger partial charge is 0.236 e. The van der Waals surface area contributed by atoms with Crippen LogP contribution in [0.25, 0.3) is 0 Å². The average molecular weight is 156 g/mol. The molecule has 0 fully saturated rings. The van der Waals surface area contributed by atoms with Crippen molar-refractivity contribution in [3.63, 3.8) is 0 Å². The highest BCUT2D eigenvalue weighted by molar-refractivity contribution is 5.78. The zero-order valence-corrected chi connectivity index (χ0v) is 6.76. The molecule has 0 saturated carbocycles. The first kappa shape index (κ1) is 9.92. The summed E-state index contributed by atoms with van der Waals surface area (Å²) < 4.78 is 5.02. The van der Waals surface area contributed by atoms with E-state index in [1.165, 1.54) is 0 Å². The van der Waals surface area contributed by atoms with Crippen LogP contribution in [0.2, 0.25) is 0 Å². The van der Waals surface area contributed by atoms with Gasteiger partial charge in [-0.1, -0.05) is 0 Å². The molecule has 0 saturated heterocycles. The Labute approximate surface area is 66.1 Å². The van der Waals surface area contributed by atoms with Gasteiger partial charge >= 0.3 is 0 Å². The lowest BCUT2D eigenvalue weighted by atomic mass is 10.4. The number of ether oxygens (including phenoxy) is 1. The molecule has 0 aromatic rings. The van der Waals surface area contributed by atoms with E-state index >= 15 is 0 Å². The number of hydrogen-bond acceptors (Lipinski definition) is 3. The molecule has 0 aromatic heterocycles. The van der Waals surface area contributed by atoms with Gasteiger partial charge in [0.15, 0.2) is 0 Å². The third-order valence-electron chi connectivity index (χ3n) is 1.02. The van der Waals surface area contributed by atoms with Crippen molar-refractivity contribution in [1.29, 1.82) is 5.26 Å². The molecule has 62 valence electrons. The molecule has 0 rings (SSSR count). The monoisotopic (exact) mass is 156 g/mol. The van der Waals surface area contributed by atoms with E-state index in [1.54, 1.807) is 13.0 Å². The summed E-state index contributed by atoms with van der Waals surface area (Å²) in [6.45, 7) is 4.11. The number of hydrogen-bond donors (Lipinski definition) is 1. The van der Waals surface area contributed by atoms with Crippen molar-refractivity contribution in [2.24, 2.45) is 0 Å². The molecular formula is C7H12N2O2. The Bertz CT molecular complexity index is 162. The fourth-order valence-corrected chi connectivity index (χ4v) is 0.641. The molecule has 1 amide bonds. The van der Waals surface area contributed by atoms with Gasteiger partial charge in [-0.15, -0.1) is 0 Å². The van der Waals surface area contributed by atoms with Crippen LogP contribution < -0.4 is 5.32 Å². The zero-order chi connectivity index (χ0) is 8.69. The first-order valence-electron chi connectivity index (χ1n) is 3.48. The van der Waals surface area contributed by atoms with Crippen LogP contribution in [0.5, 0.6) is 0 Å². The van der Waals surface area contributed by atoms with E-state index in [4.69, 9.17) is 10.00 Å². The molecule has 0 bridgehead atoms. The van der Waals surface area contributed by atoms with Crippen molar-refractivity contribution in [3.8, 4) is 6.07 Å². The lowest BCUT2D eigenvalue weighted by molar-refractivity contribution is -0.123. The van der Waals surface area contributed by atoms with Crippen LogP contribution in [-0.2, 0) is 9.53 Å². The number of carbonyl (C=O) groups is 1. The zero-order valence-electron chi connectivity index (χ0n) is 6.76. The van der Waals surface area contributed by atoms with Crippen molar-refractivity contribution in [2.45, 2.75) is 26.5 Å². The van der Waals surface area contributed by atoms with E-state index in [9.17, 15) is 4.79 Å². The molecule has 4 heteroatoms. The second-order valence-corrected chi connectivity index (χ2v) is 2.00. The lowest BCUT2D eigenvalue weighted by Crippen LogP contribution is -2.34. The van der Waals surface area contributed by atoms with Gasteiger partial charge in [-0.2, -0.15) is 5.26 Å². The second-order valence-electron chi connectivity index (χ2n) is 2.00. The fourth-order valence-electron chi connectivity index (χ4n) is 0.641. The van der Waals surface area contributed by atoms with E-state index < -0.39 is 0 Å². The molecule has 0 radical (unpaired) electrons. The minimum atomic E-state index is -0.305. The van der Waals surface area contributed by atoms with Crippen LogP contribution in [0.15, 0.2) is 0 Å². The number of nitriles is 1. The van der Waals surface area contributed by atoms with Gasteiger partial charge in [0.05, 0.1) is 6.07 Å². The topological polar surface area (TPSA) is 62.1 Å². The normalized spacial score (nSPS) is 11.7. The third kappa shape index (κ3) is 5.37. The van der Waals surface area contributed by atoms with Crippen molar-refractivity contribution in [2.75, 3.05) is 6.61 Å². The molecular weight excluding hydrogens is 144 g/mol. The van der Waals surface area contributed by atoms with Gasteiger partial charge < -0.3 is 10.1 Å². The van der Waals surface area contributed by atoms with Crippen LogP contribution >= 0.6 is 0 Å². The van der Waals surface area contributed by atoms with E-state index in [2.05, 4.69) is 5.32 Å². The Morgan fingerprint density at radius 1 is 1.82 bits per heavy atom. The SMILES string of the molecule is CCOC(C)NC(=O)CC#N. The molecule has 0 aliphatic carbocycles. The number of nitrogens with one attached hydrogen (secondary N) is 1. The van der Waals surface area contributed by atoms with Gasteiger partial charge in [0.25, 0.3) is 0 Å². The summed E-state index contributed by atoms with van der Waals surface area (Å²) in [5, 5.41) is 10.6. The van der Waals surface area contributed by atoms with Gasteiger partial charge in [-0.05, 0) is 13.8 Å². The first-order chi connectivity index (χ1) is 5.20. The number of amides is 1. The second kappa shape index (κ2) is 5.69. The summed E-state index contributed by atoms with van der Waals surface area (Å²) >= 11 is 0. The minimum Gasteiger partial charge on any atom is -0.359 e. The predicted octanol–water partition coefficient (Wildman–Crippen LogP) is 0.399. The Morgan fingerprint density at radius 3 is 2.91 bits per heavy atom. The molecule has 1 atom stereocenters. The Morgan fingerprint density at radius 2 is 2.45 bits per heavy atom. The summed E-state index contributed by atoms with van der Waals surface area (Å²) in [7, 11) is 0. The summed E-state index contributed by atoms with van der Waals surface area (Å²) in [5.74, 6) is -0.298.